The topological polar surface area (TPSA) is 71.5 Å². The van der Waals surface area contributed by atoms with Crippen molar-refractivity contribution in [2.24, 2.45) is 0 Å². The number of nitrogens with one attached hydrogen (secondary N) is 1. The maximum atomic E-state index is 12.3. The zero-order valence-electron chi connectivity index (χ0n) is 12.9. The second kappa shape index (κ2) is 5.70. The van der Waals surface area contributed by atoms with Crippen LogP contribution in [0.25, 0.3) is 11.6 Å². The smallest absolute Gasteiger partial charge is 0.257 e. The number of fused-ring (bicyclic) bond motifs is 1. The Morgan fingerprint density at radius 2 is 2.09 bits per heavy atom. The van der Waals surface area contributed by atoms with Crippen LogP contribution in [0.3, 0.4) is 0 Å². The molecule has 0 radical (unpaired) electrons. The van der Waals surface area contributed by atoms with Gasteiger partial charge in [-0.1, -0.05) is 15.9 Å². The number of halogens is 1. The number of rotatable bonds is 2. The molecule has 2 N–H and O–H groups in total. The molecule has 1 amide bonds. The van der Waals surface area contributed by atoms with Gasteiger partial charge < -0.3 is 15.2 Å². The summed E-state index contributed by atoms with van der Waals surface area (Å²) in [6, 6.07) is 5.56. The third-order valence-electron chi connectivity index (χ3n) is 3.83. The van der Waals surface area contributed by atoms with Crippen LogP contribution in [0.5, 0.6) is 11.5 Å². The van der Waals surface area contributed by atoms with E-state index in [0.29, 0.717) is 34.0 Å². The SMILES string of the molecule is COc1ccc(Br)cc1C=C1C(=O)Nc2nc(C)c(O)c(C)c21. The van der Waals surface area contributed by atoms with Crippen molar-refractivity contribution < 1.29 is 14.6 Å². The Kier molecular flexibility index (Phi) is 3.85. The number of hydrogen-bond donors (Lipinski definition) is 2. The van der Waals surface area contributed by atoms with Crippen LogP contribution < -0.4 is 10.1 Å². The molecule has 118 valence electrons. The fourth-order valence-corrected chi connectivity index (χ4v) is 3.04. The van der Waals surface area contributed by atoms with E-state index in [0.717, 1.165) is 10.0 Å². The predicted molar refractivity (Wildman–Crippen MR) is 92.6 cm³/mol. The van der Waals surface area contributed by atoms with Crippen molar-refractivity contribution in [3.63, 3.8) is 0 Å². The third kappa shape index (κ3) is 2.59. The number of aromatic hydroxyl groups is 1. The first kappa shape index (κ1) is 15.6. The van der Waals surface area contributed by atoms with Crippen molar-refractivity contribution in [2.45, 2.75) is 13.8 Å². The van der Waals surface area contributed by atoms with Gasteiger partial charge >= 0.3 is 0 Å². The van der Waals surface area contributed by atoms with Gasteiger partial charge in [0, 0.05) is 21.2 Å². The Balaban J connectivity index is 2.22. The second-order valence-corrected chi connectivity index (χ2v) is 6.21. The lowest BCUT2D eigenvalue weighted by Crippen LogP contribution is -2.04. The number of aryl methyl sites for hydroxylation is 1. The van der Waals surface area contributed by atoms with Gasteiger partial charge in [0.15, 0.2) is 0 Å². The summed E-state index contributed by atoms with van der Waals surface area (Å²) in [5.74, 6) is 0.988. The fraction of sp³-hybridized carbons (Fsp3) is 0.176. The lowest BCUT2D eigenvalue weighted by Gasteiger charge is -2.09. The largest absolute Gasteiger partial charge is 0.506 e. The zero-order chi connectivity index (χ0) is 16.7. The number of aromatic nitrogens is 1. The van der Waals surface area contributed by atoms with E-state index in [2.05, 4.69) is 26.2 Å². The number of anilines is 1. The zero-order valence-corrected chi connectivity index (χ0v) is 14.5. The molecule has 23 heavy (non-hydrogen) atoms. The highest BCUT2D eigenvalue weighted by atomic mass is 79.9. The summed E-state index contributed by atoms with van der Waals surface area (Å²) in [7, 11) is 1.58. The number of ether oxygens (including phenoxy) is 1. The first-order valence-electron chi connectivity index (χ1n) is 6.99. The van der Waals surface area contributed by atoms with E-state index < -0.39 is 0 Å². The highest BCUT2D eigenvalue weighted by molar-refractivity contribution is 9.10. The minimum atomic E-state index is -0.248. The minimum absolute atomic E-state index is 0.104. The Morgan fingerprint density at radius 1 is 1.35 bits per heavy atom. The molecule has 2 heterocycles. The van der Waals surface area contributed by atoms with Gasteiger partial charge in [-0.2, -0.15) is 0 Å². The van der Waals surface area contributed by atoms with Crippen molar-refractivity contribution in [1.82, 2.24) is 4.98 Å². The van der Waals surface area contributed by atoms with Crippen LogP contribution in [0.4, 0.5) is 5.82 Å². The third-order valence-corrected chi connectivity index (χ3v) is 4.32. The Labute approximate surface area is 142 Å². The molecule has 6 heteroatoms. The number of methoxy groups -OCH3 is 1. The molecule has 0 saturated carbocycles. The van der Waals surface area contributed by atoms with Crippen LogP contribution in [-0.2, 0) is 4.79 Å². The molecule has 0 aliphatic carbocycles. The molecule has 0 spiro atoms. The molecule has 1 aliphatic rings. The fourth-order valence-electron chi connectivity index (χ4n) is 2.66. The number of carbonyl (C=O) groups excluding carboxylic acids is 1. The number of hydrogen-bond acceptors (Lipinski definition) is 4. The summed E-state index contributed by atoms with van der Waals surface area (Å²) in [6.45, 7) is 3.48. The summed E-state index contributed by atoms with van der Waals surface area (Å²) in [5.41, 5.74) is 2.96. The van der Waals surface area contributed by atoms with Gasteiger partial charge in [0.05, 0.1) is 18.4 Å². The van der Waals surface area contributed by atoms with Gasteiger partial charge in [-0.3, -0.25) is 4.79 Å². The highest BCUT2D eigenvalue weighted by Crippen LogP contribution is 2.40. The normalized spacial score (nSPS) is 14.8. The molecule has 0 bridgehead atoms. The van der Waals surface area contributed by atoms with E-state index in [-0.39, 0.29) is 11.7 Å². The lowest BCUT2D eigenvalue weighted by atomic mass is 10.00. The van der Waals surface area contributed by atoms with Gasteiger partial charge in [-0.05, 0) is 38.1 Å². The van der Waals surface area contributed by atoms with Crippen LogP contribution >= 0.6 is 15.9 Å². The number of pyridine rings is 1. The Hall–Kier alpha value is -2.34. The molecule has 5 nitrogen and oxygen atoms in total. The van der Waals surface area contributed by atoms with Crippen LogP contribution in [-0.4, -0.2) is 23.1 Å². The van der Waals surface area contributed by atoms with Crippen molar-refractivity contribution in [3.05, 3.63) is 45.1 Å². The summed E-state index contributed by atoms with van der Waals surface area (Å²) in [6.07, 6.45) is 1.74. The summed E-state index contributed by atoms with van der Waals surface area (Å²) >= 11 is 3.42. The Bertz CT molecular complexity index is 859. The van der Waals surface area contributed by atoms with E-state index in [1.807, 2.05) is 18.2 Å². The molecule has 0 fully saturated rings. The van der Waals surface area contributed by atoms with Gasteiger partial charge in [-0.25, -0.2) is 4.98 Å². The van der Waals surface area contributed by atoms with Crippen molar-refractivity contribution >= 4 is 39.3 Å². The lowest BCUT2D eigenvalue weighted by molar-refractivity contribution is -0.110. The standard InChI is InChI=1S/C17H15BrN2O3/c1-8-14-12(7-10-6-11(18)4-5-13(10)23-3)17(22)20-16(14)19-9(2)15(8)21/h4-7,21H,1-3H3,(H,19,20,22). The van der Waals surface area contributed by atoms with Crippen molar-refractivity contribution in [3.8, 4) is 11.5 Å². The second-order valence-electron chi connectivity index (χ2n) is 5.29. The molecule has 0 saturated heterocycles. The van der Waals surface area contributed by atoms with E-state index in [9.17, 15) is 9.90 Å². The average Bonchev–Trinajstić information content (AvgIpc) is 2.81. The molecule has 1 aromatic carbocycles. The summed E-state index contributed by atoms with van der Waals surface area (Å²) in [4.78, 5) is 16.6. The van der Waals surface area contributed by atoms with Gasteiger partial charge in [-0.15, -0.1) is 0 Å². The van der Waals surface area contributed by atoms with Crippen LogP contribution in [0.2, 0.25) is 0 Å². The monoisotopic (exact) mass is 374 g/mol. The first-order valence-corrected chi connectivity index (χ1v) is 7.78. The quantitative estimate of drug-likeness (QED) is 0.786. The van der Waals surface area contributed by atoms with E-state index >= 15 is 0 Å². The molecule has 1 aliphatic heterocycles. The molecule has 0 unspecified atom stereocenters. The molecular formula is C17H15BrN2O3. The van der Waals surface area contributed by atoms with Gasteiger partial charge in [0.25, 0.3) is 5.91 Å². The van der Waals surface area contributed by atoms with E-state index in [4.69, 9.17) is 4.74 Å². The number of benzene rings is 1. The van der Waals surface area contributed by atoms with Crippen molar-refractivity contribution in [2.75, 3.05) is 12.4 Å². The molecular weight excluding hydrogens is 360 g/mol. The van der Waals surface area contributed by atoms with Gasteiger partial charge in [0.1, 0.15) is 17.3 Å². The number of nitrogens with zero attached hydrogens (tertiary/aromatic N) is 1. The number of amides is 1. The molecule has 2 aromatic rings. The highest BCUT2D eigenvalue weighted by Gasteiger charge is 2.29. The molecule has 1 aromatic heterocycles. The average molecular weight is 375 g/mol. The Morgan fingerprint density at radius 3 is 2.78 bits per heavy atom. The summed E-state index contributed by atoms with van der Waals surface area (Å²) < 4.78 is 6.22. The summed E-state index contributed by atoms with van der Waals surface area (Å²) in [5, 5.41) is 12.9. The van der Waals surface area contributed by atoms with E-state index in [1.54, 1.807) is 27.0 Å². The maximum Gasteiger partial charge on any atom is 0.257 e. The van der Waals surface area contributed by atoms with E-state index in [1.165, 1.54) is 0 Å². The molecule has 3 rings (SSSR count). The van der Waals surface area contributed by atoms with Crippen LogP contribution in [0.1, 0.15) is 22.4 Å². The first-order chi connectivity index (χ1) is 10.9. The van der Waals surface area contributed by atoms with Gasteiger partial charge in [0.2, 0.25) is 0 Å². The maximum absolute atomic E-state index is 12.3. The predicted octanol–water partition coefficient (Wildman–Crippen LogP) is 3.67. The molecule has 0 atom stereocenters. The van der Waals surface area contributed by atoms with Crippen LogP contribution in [0.15, 0.2) is 22.7 Å². The number of carbonyl (C=O) groups is 1. The van der Waals surface area contributed by atoms with Crippen molar-refractivity contribution in [1.29, 1.82) is 0 Å². The van der Waals surface area contributed by atoms with Crippen LogP contribution in [0, 0.1) is 13.8 Å². The minimum Gasteiger partial charge on any atom is -0.506 e.